The van der Waals surface area contributed by atoms with Crippen LogP contribution in [0, 0.1) is 41.5 Å². The van der Waals surface area contributed by atoms with Crippen LogP contribution in [-0.4, -0.2) is 11.4 Å². The molecule has 4 aromatic rings. The van der Waals surface area contributed by atoms with Gasteiger partial charge in [0.05, 0.1) is 22.8 Å². The first-order chi connectivity index (χ1) is 17.1. The Bertz CT molecular complexity index is 1310. The van der Waals surface area contributed by atoms with Gasteiger partial charge in [-0.25, -0.2) is 9.98 Å². The third-order valence-electron chi connectivity index (χ3n) is 6.11. The van der Waals surface area contributed by atoms with E-state index in [2.05, 4.69) is 77.9 Å². The van der Waals surface area contributed by atoms with Crippen LogP contribution < -0.4 is 0 Å². The first-order valence-corrected chi connectivity index (χ1v) is 14.7. The Morgan fingerprint density at radius 3 is 1.25 bits per heavy atom. The van der Waals surface area contributed by atoms with E-state index < -0.39 is 0 Å². The Balaban J connectivity index is 0.00000115. The Hall–Kier alpha value is -2.36. The molecule has 0 N–H and O–H groups in total. The summed E-state index contributed by atoms with van der Waals surface area (Å²) in [6.45, 7) is 16.7. The van der Waals surface area contributed by atoms with E-state index in [1.807, 2.05) is 26.0 Å². The van der Waals surface area contributed by atoms with Crippen LogP contribution in [0.15, 0.2) is 62.9 Å². The van der Waals surface area contributed by atoms with Gasteiger partial charge in [0.15, 0.2) is 11.5 Å². The molecule has 0 saturated carbocycles. The zero-order chi connectivity index (χ0) is 26.6. The van der Waals surface area contributed by atoms with Crippen molar-refractivity contribution in [3.05, 3.63) is 93.4 Å². The van der Waals surface area contributed by atoms with Gasteiger partial charge in [-0.1, -0.05) is 59.7 Å². The number of rotatable bonds is 4. The molecule has 3 nitrogen and oxygen atoms in total. The molecule has 0 aliphatic rings. The third-order valence-corrected chi connectivity index (χ3v) is 6.11. The molecule has 0 radical (unpaired) electrons. The summed E-state index contributed by atoms with van der Waals surface area (Å²) < 4.78 is 6.48. The number of benzene rings is 3. The summed E-state index contributed by atoms with van der Waals surface area (Å²) in [5.41, 5.74) is 10.9. The summed E-state index contributed by atoms with van der Waals surface area (Å²) in [5, 5.41) is 2.12. The van der Waals surface area contributed by atoms with E-state index in [1.54, 1.807) is 0 Å². The molecule has 0 aliphatic heterocycles. The number of nitrogens with zero attached hydrogens (tertiary/aromatic N) is 2. The SMILES string of the molecule is CC(=Nc1c(C)cc(C)cc1C)c1oc(C(C)=Nc2c(C)cc(C)cc2C)c2ccccc12.[Cl][Fe][Cl]. The van der Waals surface area contributed by atoms with Crippen molar-refractivity contribution in [2.75, 3.05) is 0 Å². The number of fused-ring (bicyclic) bond motifs is 1. The Kier molecular flexibility index (Phi) is 9.60. The molecule has 3 aromatic carbocycles. The van der Waals surface area contributed by atoms with Crippen molar-refractivity contribution in [2.45, 2.75) is 55.4 Å². The number of halogens is 2. The van der Waals surface area contributed by atoms with Crippen LogP contribution >= 0.6 is 20.2 Å². The molecule has 4 rings (SSSR count). The average molecular weight is 563 g/mol. The summed E-state index contributed by atoms with van der Waals surface area (Å²) in [7, 11) is 9.53. The molecule has 1 heterocycles. The van der Waals surface area contributed by atoms with E-state index in [0.29, 0.717) is 0 Å². The van der Waals surface area contributed by atoms with E-state index in [9.17, 15) is 0 Å². The molecule has 0 amide bonds. The van der Waals surface area contributed by atoms with Crippen molar-refractivity contribution >= 4 is 53.8 Å². The maximum atomic E-state index is 6.48. The molecule has 1 aromatic heterocycles. The molecule has 0 atom stereocenters. The van der Waals surface area contributed by atoms with Gasteiger partial charge in [0, 0.05) is 10.8 Å². The van der Waals surface area contributed by atoms with Crippen LogP contribution in [0.4, 0.5) is 11.4 Å². The zero-order valence-electron chi connectivity index (χ0n) is 22.0. The Morgan fingerprint density at radius 1 is 0.639 bits per heavy atom. The minimum absolute atomic E-state index is 0.194. The van der Waals surface area contributed by atoms with E-state index in [4.69, 9.17) is 34.6 Å². The van der Waals surface area contributed by atoms with Gasteiger partial charge in [-0.2, -0.15) is 0 Å². The summed E-state index contributed by atoms with van der Waals surface area (Å²) >= 11 is 0.194. The van der Waals surface area contributed by atoms with E-state index in [0.717, 1.165) is 45.1 Å². The summed E-state index contributed by atoms with van der Waals surface area (Å²) in [5.74, 6) is 1.60. The number of hydrogen-bond donors (Lipinski definition) is 0. The van der Waals surface area contributed by atoms with Gasteiger partial charge < -0.3 is 4.42 Å². The van der Waals surface area contributed by atoms with Crippen LogP contribution in [0.2, 0.25) is 0 Å². The van der Waals surface area contributed by atoms with E-state index in [-0.39, 0.29) is 13.1 Å². The van der Waals surface area contributed by atoms with Gasteiger partial charge in [0.25, 0.3) is 0 Å². The van der Waals surface area contributed by atoms with Crippen molar-refractivity contribution in [1.82, 2.24) is 0 Å². The van der Waals surface area contributed by atoms with Crippen LogP contribution in [0.5, 0.6) is 0 Å². The Morgan fingerprint density at radius 2 is 0.944 bits per heavy atom. The van der Waals surface area contributed by atoms with Gasteiger partial charge >= 0.3 is 33.3 Å². The standard InChI is InChI=1S/C30H32N2O.2ClH.Fe/c1-17-13-19(3)27(20(4)14-17)31-23(7)29-25-11-9-10-12-26(25)30(33-29)24(8)32-28-21(5)15-18(2)16-22(28)6;;;/h9-16H,1-8H3;2*1H;/q;;;+2/p-2. The zero-order valence-corrected chi connectivity index (χ0v) is 24.6. The quantitative estimate of drug-likeness (QED) is 0.180. The molecular formula is C30H32Cl2FeN2O. The summed E-state index contributed by atoms with van der Waals surface area (Å²) in [6.07, 6.45) is 0. The van der Waals surface area contributed by atoms with Gasteiger partial charge in [0.2, 0.25) is 0 Å². The van der Waals surface area contributed by atoms with Crippen LogP contribution in [0.1, 0.15) is 58.7 Å². The topological polar surface area (TPSA) is 37.9 Å². The minimum atomic E-state index is 0.194. The monoisotopic (exact) mass is 562 g/mol. The Labute approximate surface area is 229 Å². The van der Waals surface area contributed by atoms with Crippen molar-refractivity contribution in [3.63, 3.8) is 0 Å². The molecule has 0 aliphatic carbocycles. The molecule has 0 bridgehead atoms. The summed E-state index contributed by atoms with van der Waals surface area (Å²) in [6, 6.07) is 17.0. The number of aliphatic imine (C=N–C) groups is 2. The molecular weight excluding hydrogens is 531 g/mol. The average Bonchev–Trinajstić information content (AvgIpc) is 3.19. The second kappa shape index (κ2) is 12.3. The van der Waals surface area contributed by atoms with Crippen molar-refractivity contribution in [2.24, 2.45) is 9.98 Å². The van der Waals surface area contributed by atoms with E-state index >= 15 is 0 Å². The fraction of sp³-hybridized carbons (Fsp3) is 0.267. The molecule has 190 valence electrons. The van der Waals surface area contributed by atoms with Gasteiger partial charge in [-0.3, -0.25) is 0 Å². The van der Waals surface area contributed by atoms with Crippen molar-refractivity contribution < 1.29 is 17.6 Å². The van der Waals surface area contributed by atoms with Gasteiger partial charge in [-0.15, -0.1) is 0 Å². The third kappa shape index (κ3) is 6.30. The number of furan rings is 1. The predicted molar refractivity (Wildman–Crippen MR) is 153 cm³/mol. The van der Waals surface area contributed by atoms with E-state index in [1.165, 1.54) is 33.4 Å². The molecule has 0 saturated heterocycles. The van der Waals surface area contributed by atoms with Crippen molar-refractivity contribution in [1.29, 1.82) is 0 Å². The van der Waals surface area contributed by atoms with Gasteiger partial charge in [-0.05, 0) is 77.6 Å². The molecule has 0 unspecified atom stereocenters. The fourth-order valence-corrected chi connectivity index (χ4v) is 4.76. The second-order valence-corrected chi connectivity index (χ2v) is 11.1. The number of hydrogen-bond acceptors (Lipinski definition) is 3. The predicted octanol–water partition coefficient (Wildman–Crippen LogP) is 9.94. The van der Waals surface area contributed by atoms with Crippen LogP contribution in [0.3, 0.4) is 0 Å². The van der Waals surface area contributed by atoms with Crippen molar-refractivity contribution in [3.8, 4) is 0 Å². The first kappa shape index (κ1) is 28.2. The normalized spacial score (nSPS) is 12.2. The molecule has 0 spiro atoms. The molecule has 0 fully saturated rings. The van der Waals surface area contributed by atoms with Crippen LogP contribution in [-0.2, 0) is 13.1 Å². The van der Waals surface area contributed by atoms with Gasteiger partial charge in [0.1, 0.15) is 0 Å². The molecule has 6 heteroatoms. The fourth-order valence-electron chi connectivity index (χ4n) is 4.76. The molecule has 36 heavy (non-hydrogen) atoms. The second-order valence-electron chi connectivity index (χ2n) is 9.25. The first-order valence-electron chi connectivity index (χ1n) is 11.7. The number of aryl methyl sites for hydroxylation is 6. The summed E-state index contributed by atoms with van der Waals surface area (Å²) in [4.78, 5) is 9.99. The van der Waals surface area contributed by atoms with Crippen LogP contribution in [0.25, 0.3) is 10.8 Å². The maximum absolute atomic E-state index is 6.48.